The molecule has 0 aliphatic heterocycles. The maximum Gasteiger partial charge on any atom is 0.0319 e. The number of hydrogen-bond acceptors (Lipinski definition) is 1. The van der Waals surface area contributed by atoms with E-state index in [1.165, 1.54) is 0 Å². The third-order valence-electron chi connectivity index (χ3n) is 0. The van der Waals surface area contributed by atoms with Gasteiger partial charge >= 0.3 is 0 Å². The molecule has 0 aromatic carbocycles. The van der Waals surface area contributed by atoms with Gasteiger partial charge in [0, 0.05) is 39.8 Å². The molecule has 0 aliphatic carbocycles. The first kappa shape index (κ1) is 16.6. The van der Waals surface area contributed by atoms with Gasteiger partial charge in [-0.1, -0.05) is 0 Å². The third-order valence-corrected chi connectivity index (χ3v) is 0. The molecular weight excluding hydrogens is 141 g/mol. The van der Waals surface area contributed by atoms with Gasteiger partial charge in [-0.3, -0.25) is 0 Å². The first-order valence-electron chi connectivity index (χ1n) is 1.15. The first-order valence-corrected chi connectivity index (χ1v) is 1.15. The molecule has 0 saturated carbocycles. The van der Waals surface area contributed by atoms with E-state index in [1.54, 1.807) is 6.92 Å². The van der Waals surface area contributed by atoms with E-state index in [1.807, 2.05) is 0 Å². The molecule has 0 fully saturated rings. The van der Waals surface area contributed by atoms with Crippen LogP contribution in [-0.4, -0.2) is 12.2 Å². The molecule has 0 aliphatic rings. The molecule has 0 amide bonds. The molecule has 0 atom stereocenters. The Morgan fingerprint density at radius 2 is 1.20 bits per heavy atom. The van der Waals surface area contributed by atoms with E-state index in [4.69, 9.17) is 5.11 Å². The Morgan fingerprint density at radius 3 is 1.20 bits per heavy atom. The van der Waals surface area contributed by atoms with Gasteiger partial charge in [-0.05, 0) is 0 Å². The zero-order valence-electron chi connectivity index (χ0n) is 3.73. The van der Waals surface area contributed by atoms with E-state index in [0.29, 0.717) is 0 Å². The summed E-state index contributed by atoms with van der Waals surface area (Å²) in [5.41, 5.74) is 0. The van der Waals surface area contributed by atoms with E-state index in [0.717, 1.165) is 7.11 Å². The molecule has 0 bridgehead atoms. The smallest absolute Gasteiger partial charge is 0.0319 e. The molecule has 0 heterocycles. The molecule has 0 unspecified atom stereocenters. The Bertz CT molecular complexity index is 6.85. The monoisotopic (exact) mass is 150 g/mol. The van der Waals surface area contributed by atoms with Gasteiger partial charge in [0.2, 0.25) is 0 Å². The van der Waals surface area contributed by atoms with Crippen molar-refractivity contribution in [3.05, 3.63) is 6.92 Å². The Morgan fingerprint density at radius 1 is 1.20 bits per heavy atom. The Hall–Kier alpha value is 1.06. The minimum absolute atomic E-state index is 0. The molecule has 1 N–H and O–H groups in total. The number of aliphatic hydroxyl groups is 1. The zero-order chi connectivity index (χ0) is 4.00. The molecule has 0 rings (SSSR count). The van der Waals surface area contributed by atoms with Gasteiger partial charge in [0.1, 0.15) is 0 Å². The van der Waals surface area contributed by atoms with Crippen LogP contribution in [0, 0.1) is 6.92 Å². The average Bonchev–Trinajstić information content (AvgIpc) is 1.50. The summed E-state index contributed by atoms with van der Waals surface area (Å²) < 4.78 is 0. The van der Waals surface area contributed by atoms with Gasteiger partial charge in [0.15, 0.2) is 0 Å². The topological polar surface area (TPSA) is 20.2 Å². The molecule has 31 valence electrons. The molecule has 0 aromatic heterocycles. The van der Waals surface area contributed by atoms with Crippen molar-refractivity contribution in [2.45, 2.75) is 6.92 Å². The molecule has 2 heteroatoms. The van der Waals surface area contributed by atoms with Crippen LogP contribution in [0.25, 0.3) is 0 Å². The van der Waals surface area contributed by atoms with E-state index in [-0.39, 0.29) is 32.7 Å². The Kier molecular flexibility index (Phi) is 245. The molecule has 0 aromatic rings. The standard InChI is InChI=1S/C2H5.CH4O.Y/c2*1-2;/h1H2,2H3;2H,1H3;/q-1;;. The summed E-state index contributed by atoms with van der Waals surface area (Å²) in [6.45, 7) is 5.00. The quantitative estimate of drug-likeness (QED) is 0.497. The van der Waals surface area contributed by atoms with Crippen molar-refractivity contribution in [1.82, 2.24) is 0 Å². The van der Waals surface area contributed by atoms with E-state index < -0.39 is 0 Å². The van der Waals surface area contributed by atoms with Crippen LogP contribution < -0.4 is 0 Å². The fraction of sp³-hybridized carbons (Fsp3) is 0.667. The van der Waals surface area contributed by atoms with Gasteiger partial charge in [0.25, 0.3) is 0 Å². The van der Waals surface area contributed by atoms with E-state index in [9.17, 15) is 0 Å². The van der Waals surface area contributed by atoms with Crippen LogP contribution in [0.3, 0.4) is 0 Å². The van der Waals surface area contributed by atoms with Crippen LogP contribution in [0.1, 0.15) is 6.92 Å². The van der Waals surface area contributed by atoms with Crippen LogP contribution in [0.4, 0.5) is 0 Å². The SMILES string of the molecule is CO.[CH2-]C.[Y]. The molecule has 1 nitrogen and oxygen atoms in total. The number of rotatable bonds is 0. The van der Waals surface area contributed by atoms with Crippen molar-refractivity contribution in [1.29, 1.82) is 0 Å². The summed E-state index contributed by atoms with van der Waals surface area (Å²) in [7, 11) is 1.00. The summed E-state index contributed by atoms with van der Waals surface area (Å²) in [6.07, 6.45) is 0. The first-order chi connectivity index (χ1) is 2.00. The van der Waals surface area contributed by atoms with Gasteiger partial charge < -0.3 is 12.0 Å². The van der Waals surface area contributed by atoms with Crippen molar-refractivity contribution in [3.8, 4) is 0 Å². The van der Waals surface area contributed by atoms with Crippen LogP contribution in [-0.2, 0) is 32.7 Å². The van der Waals surface area contributed by atoms with Gasteiger partial charge in [-0.25, -0.2) is 0 Å². The molecule has 1 radical (unpaired) electrons. The zero-order valence-corrected chi connectivity index (χ0v) is 6.57. The van der Waals surface area contributed by atoms with E-state index >= 15 is 0 Å². The average molecular weight is 150 g/mol. The van der Waals surface area contributed by atoms with Crippen molar-refractivity contribution < 1.29 is 37.8 Å². The largest absolute Gasteiger partial charge is 0.400 e. The Labute approximate surface area is 58.7 Å². The summed E-state index contributed by atoms with van der Waals surface area (Å²) >= 11 is 0. The fourth-order valence-electron chi connectivity index (χ4n) is 0. The summed E-state index contributed by atoms with van der Waals surface area (Å²) in [6, 6.07) is 0. The molecule has 5 heavy (non-hydrogen) atoms. The second kappa shape index (κ2) is 73.9. The molecular formula is C3H9OY-. The van der Waals surface area contributed by atoms with Crippen LogP contribution >= 0.6 is 0 Å². The van der Waals surface area contributed by atoms with Crippen LogP contribution in [0.15, 0.2) is 0 Å². The predicted octanol–water partition coefficient (Wildman–Crippen LogP) is 0.446. The maximum atomic E-state index is 7.00. The summed E-state index contributed by atoms with van der Waals surface area (Å²) in [4.78, 5) is 0. The second-order valence-electron chi connectivity index (χ2n) is 0. The van der Waals surface area contributed by atoms with Crippen molar-refractivity contribution in [2.24, 2.45) is 0 Å². The summed E-state index contributed by atoms with van der Waals surface area (Å²) in [5.74, 6) is 0. The molecule has 0 spiro atoms. The number of aliphatic hydroxyl groups excluding tert-OH is 1. The Balaban J connectivity index is -0.0000000133. The normalized spacial score (nSPS) is 2.40. The minimum atomic E-state index is 0. The second-order valence-corrected chi connectivity index (χ2v) is 0. The maximum absolute atomic E-state index is 7.00. The van der Waals surface area contributed by atoms with Crippen molar-refractivity contribution in [2.75, 3.05) is 7.11 Å². The third kappa shape index (κ3) is 42.0. The van der Waals surface area contributed by atoms with Crippen LogP contribution in [0.5, 0.6) is 0 Å². The minimum Gasteiger partial charge on any atom is -0.400 e. The predicted molar refractivity (Wildman–Crippen MR) is 19.2 cm³/mol. The van der Waals surface area contributed by atoms with Gasteiger partial charge in [0.05, 0.1) is 0 Å². The summed E-state index contributed by atoms with van der Waals surface area (Å²) in [5, 5.41) is 7.00. The fourth-order valence-corrected chi connectivity index (χ4v) is 0. The van der Waals surface area contributed by atoms with E-state index in [2.05, 4.69) is 6.92 Å². The van der Waals surface area contributed by atoms with Crippen molar-refractivity contribution in [3.63, 3.8) is 0 Å². The van der Waals surface area contributed by atoms with Crippen molar-refractivity contribution >= 4 is 0 Å². The number of hydrogen-bond donors (Lipinski definition) is 1. The van der Waals surface area contributed by atoms with Gasteiger partial charge in [-0.2, -0.15) is 6.92 Å². The molecule has 0 saturated heterocycles. The van der Waals surface area contributed by atoms with Gasteiger partial charge in [-0.15, -0.1) is 0 Å². The van der Waals surface area contributed by atoms with Crippen LogP contribution in [0.2, 0.25) is 0 Å².